The molecule has 28 heavy (non-hydrogen) atoms. The minimum absolute atomic E-state index is 0.0117. The van der Waals surface area contributed by atoms with Crippen LogP contribution in [0.3, 0.4) is 0 Å². The van der Waals surface area contributed by atoms with Crippen molar-refractivity contribution in [1.82, 2.24) is 9.38 Å². The molecule has 0 bridgehead atoms. The molecule has 0 amide bonds. The molecule has 9 heteroatoms. The smallest absolute Gasteiger partial charge is 0.307 e. The van der Waals surface area contributed by atoms with E-state index in [2.05, 4.69) is 10.3 Å². The average Bonchev–Trinajstić information content (AvgIpc) is 2.67. The van der Waals surface area contributed by atoms with Gasteiger partial charge in [0.1, 0.15) is 17.9 Å². The SMILES string of the molecule is Cc1ccc2nc(COC(=O)CCNc3ccccc3[N+](=O)[O-])cc(=O)n2c1. The van der Waals surface area contributed by atoms with E-state index in [1.165, 1.54) is 16.5 Å². The molecule has 1 N–H and O–H groups in total. The number of fused-ring (bicyclic) bond motifs is 1. The fourth-order valence-corrected chi connectivity index (χ4v) is 2.64. The highest BCUT2D eigenvalue weighted by Gasteiger charge is 2.12. The molecule has 3 aromatic rings. The summed E-state index contributed by atoms with van der Waals surface area (Å²) in [4.78, 5) is 38.8. The zero-order valence-corrected chi connectivity index (χ0v) is 15.1. The largest absolute Gasteiger partial charge is 0.459 e. The molecule has 0 saturated heterocycles. The van der Waals surface area contributed by atoms with Crippen molar-refractivity contribution in [3.8, 4) is 0 Å². The van der Waals surface area contributed by atoms with Crippen molar-refractivity contribution < 1.29 is 14.5 Å². The number of hydrogen-bond acceptors (Lipinski definition) is 7. The number of nitro benzene ring substituents is 1. The highest BCUT2D eigenvalue weighted by molar-refractivity contribution is 5.70. The molecule has 0 radical (unpaired) electrons. The number of nitro groups is 1. The van der Waals surface area contributed by atoms with Gasteiger partial charge < -0.3 is 10.1 Å². The van der Waals surface area contributed by atoms with Crippen molar-refractivity contribution in [3.05, 3.63) is 80.4 Å². The standard InChI is InChI=1S/C19H18N4O5/c1-13-6-7-17-21-14(10-18(24)22(17)11-13)12-28-19(25)8-9-20-15-4-2-3-5-16(15)23(26)27/h2-7,10-11,20H,8-9,12H2,1H3. The number of carbonyl (C=O) groups excluding carboxylic acids is 1. The first kappa shape index (κ1) is 19.0. The second-order valence-electron chi connectivity index (χ2n) is 6.13. The molecule has 9 nitrogen and oxygen atoms in total. The number of aryl methyl sites for hydroxylation is 1. The van der Waals surface area contributed by atoms with Gasteiger partial charge in [-0.2, -0.15) is 0 Å². The first-order valence-corrected chi connectivity index (χ1v) is 8.56. The number of ether oxygens (including phenoxy) is 1. The Labute approximate surface area is 159 Å². The molecule has 0 unspecified atom stereocenters. The first-order valence-electron chi connectivity index (χ1n) is 8.56. The minimum atomic E-state index is -0.503. The van der Waals surface area contributed by atoms with Crippen molar-refractivity contribution in [2.45, 2.75) is 20.0 Å². The quantitative estimate of drug-likeness (QED) is 0.379. The van der Waals surface area contributed by atoms with Gasteiger partial charge in [-0.1, -0.05) is 18.2 Å². The predicted molar refractivity (Wildman–Crippen MR) is 102 cm³/mol. The van der Waals surface area contributed by atoms with Gasteiger partial charge in [-0.15, -0.1) is 0 Å². The number of aromatic nitrogens is 2. The Morgan fingerprint density at radius 3 is 2.86 bits per heavy atom. The summed E-state index contributed by atoms with van der Waals surface area (Å²) < 4.78 is 6.58. The number of rotatable bonds is 7. The van der Waals surface area contributed by atoms with Gasteiger partial charge in [0.2, 0.25) is 0 Å². The Hall–Kier alpha value is -3.75. The van der Waals surface area contributed by atoms with Gasteiger partial charge in [-0.25, -0.2) is 4.98 Å². The summed E-state index contributed by atoms with van der Waals surface area (Å²) in [7, 11) is 0. The van der Waals surface area contributed by atoms with Crippen molar-refractivity contribution in [1.29, 1.82) is 0 Å². The van der Waals surface area contributed by atoms with Crippen LogP contribution in [0.1, 0.15) is 17.7 Å². The number of anilines is 1. The van der Waals surface area contributed by atoms with E-state index in [9.17, 15) is 19.7 Å². The van der Waals surface area contributed by atoms with Crippen LogP contribution in [-0.4, -0.2) is 26.8 Å². The van der Waals surface area contributed by atoms with Gasteiger partial charge in [0.05, 0.1) is 17.0 Å². The van der Waals surface area contributed by atoms with Gasteiger partial charge in [0, 0.05) is 24.9 Å². The van der Waals surface area contributed by atoms with Gasteiger partial charge in [-0.05, 0) is 24.6 Å². The molecule has 3 rings (SSSR count). The summed E-state index contributed by atoms with van der Waals surface area (Å²) in [5.41, 5.74) is 1.78. The highest BCUT2D eigenvalue weighted by atomic mass is 16.6. The predicted octanol–water partition coefficient (Wildman–Crippen LogP) is 2.46. The van der Waals surface area contributed by atoms with E-state index in [-0.39, 0.29) is 30.8 Å². The van der Waals surface area contributed by atoms with Gasteiger partial charge >= 0.3 is 5.97 Å². The fraction of sp³-hybridized carbons (Fsp3) is 0.211. The van der Waals surface area contributed by atoms with Crippen LogP contribution >= 0.6 is 0 Å². The topological polar surface area (TPSA) is 116 Å². The van der Waals surface area contributed by atoms with E-state index in [4.69, 9.17) is 4.74 Å². The maximum Gasteiger partial charge on any atom is 0.307 e. The normalized spacial score (nSPS) is 10.6. The van der Waals surface area contributed by atoms with Crippen LogP contribution in [-0.2, 0) is 16.1 Å². The maximum absolute atomic E-state index is 12.1. The van der Waals surface area contributed by atoms with E-state index in [1.807, 2.05) is 13.0 Å². The van der Waals surface area contributed by atoms with E-state index < -0.39 is 10.9 Å². The minimum Gasteiger partial charge on any atom is -0.459 e. The van der Waals surface area contributed by atoms with Crippen LogP contribution in [0.5, 0.6) is 0 Å². The Balaban J connectivity index is 1.55. The number of nitrogens with zero attached hydrogens (tertiary/aromatic N) is 3. The molecule has 1 aromatic carbocycles. The van der Waals surface area contributed by atoms with Crippen LogP contribution in [0.4, 0.5) is 11.4 Å². The van der Waals surface area contributed by atoms with E-state index in [1.54, 1.807) is 30.5 Å². The molecule has 2 aromatic heterocycles. The second kappa shape index (κ2) is 8.30. The molecule has 144 valence electrons. The molecule has 0 aliphatic heterocycles. The third kappa shape index (κ3) is 4.50. The number of hydrogen-bond donors (Lipinski definition) is 1. The van der Waals surface area contributed by atoms with E-state index >= 15 is 0 Å². The van der Waals surface area contributed by atoms with Crippen molar-refractivity contribution in [2.75, 3.05) is 11.9 Å². The lowest BCUT2D eigenvalue weighted by atomic mass is 10.2. The van der Waals surface area contributed by atoms with E-state index in [0.717, 1.165) is 5.56 Å². The number of carbonyl (C=O) groups is 1. The van der Waals surface area contributed by atoms with Gasteiger partial charge in [0.15, 0.2) is 0 Å². The molecular formula is C19H18N4O5. The number of nitrogens with one attached hydrogen (secondary N) is 1. The summed E-state index contributed by atoms with van der Waals surface area (Å²) in [5.74, 6) is -0.503. The summed E-state index contributed by atoms with van der Waals surface area (Å²) in [5, 5.41) is 13.8. The highest BCUT2D eigenvalue weighted by Crippen LogP contribution is 2.22. The van der Waals surface area contributed by atoms with Crippen LogP contribution < -0.4 is 10.9 Å². The third-order valence-corrected chi connectivity index (χ3v) is 3.99. The van der Waals surface area contributed by atoms with Crippen molar-refractivity contribution >= 4 is 23.0 Å². The summed E-state index contributed by atoms with van der Waals surface area (Å²) in [6.07, 6.45) is 1.70. The monoisotopic (exact) mass is 382 g/mol. The van der Waals surface area contributed by atoms with Gasteiger partial charge in [0.25, 0.3) is 11.2 Å². The second-order valence-corrected chi connectivity index (χ2v) is 6.13. The first-order chi connectivity index (χ1) is 13.4. The lowest BCUT2D eigenvalue weighted by molar-refractivity contribution is -0.384. The molecule has 0 aliphatic rings. The molecule has 0 aliphatic carbocycles. The Kier molecular flexibility index (Phi) is 5.64. The lowest BCUT2D eigenvalue weighted by Gasteiger charge is -2.08. The zero-order chi connectivity index (χ0) is 20.1. The molecule has 0 saturated carbocycles. The van der Waals surface area contributed by atoms with Gasteiger partial charge in [-0.3, -0.25) is 24.1 Å². The molecule has 2 heterocycles. The van der Waals surface area contributed by atoms with Crippen molar-refractivity contribution in [3.63, 3.8) is 0 Å². The number of para-hydroxylation sites is 2. The summed E-state index contributed by atoms with van der Waals surface area (Å²) in [6, 6.07) is 11.1. The molecule has 0 fully saturated rings. The molecule has 0 atom stereocenters. The van der Waals surface area contributed by atoms with Crippen LogP contribution in [0.15, 0.2) is 53.5 Å². The fourth-order valence-electron chi connectivity index (χ4n) is 2.64. The lowest BCUT2D eigenvalue weighted by Crippen LogP contribution is -2.17. The number of pyridine rings is 1. The van der Waals surface area contributed by atoms with Crippen LogP contribution in [0.25, 0.3) is 5.65 Å². The van der Waals surface area contributed by atoms with Crippen LogP contribution in [0.2, 0.25) is 0 Å². The molecular weight excluding hydrogens is 364 g/mol. The summed E-state index contributed by atoms with van der Waals surface area (Å²) >= 11 is 0. The zero-order valence-electron chi connectivity index (χ0n) is 15.1. The average molecular weight is 382 g/mol. The Bertz CT molecular complexity index is 1090. The number of benzene rings is 1. The third-order valence-electron chi connectivity index (χ3n) is 3.99. The summed E-state index contributed by atoms with van der Waals surface area (Å²) in [6.45, 7) is 1.93. The molecule has 0 spiro atoms. The van der Waals surface area contributed by atoms with Crippen LogP contribution in [0, 0.1) is 17.0 Å². The Morgan fingerprint density at radius 2 is 2.07 bits per heavy atom. The van der Waals surface area contributed by atoms with E-state index in [0.29, 0.717) is 17.0 Å². The Morgan fingerprint density at radius 1 is 1.29 bits per heavy atom. The maximum atomic E-state index is 12.1. The van der Waals surface area contributed by atoms with Crippen molar-refractivity contribution in [2.24, 2.45) is 0 Å². The number of esters is 1.